The summed E-state index contributed by atoms with van der Waals surface area (Å²) in [6.07, 6.45) is 0. The molecule has 0 aromatic carbocycles. The lowest BCUT2D eigenvalue weighted by atomic mass is 10.5. The molecule has 2 heteroatoms. The molecule has 0 atom stereocenters. The zero-order chi connectivity index (χ0) is 7.23. The predicted octanol–water partition coefficient (Wildman–Crippen LogP) is 3.64. The van der Waals surface area contributed by atoms with Crippen LogP contribution in [0, 0.1) is 0 Å². The zero-order valence-corrected chi connectivity index (χ0v) is 7.73. The minimum absolute atomic E-state index is 1.13. The Morgan fingerprint density at radius 3 is 2.60 bits per heavy atom. The van der Waals surface area contributed by atoms with Gasteiger partial charge in [0, 0.05) is 0 Å². The third-order valence-electron chi connectivity index (χ3n) is 0.931. The maximum atomic E-state index is 3.40. The molecule has 0 N–H and O–H groups in total. The third-order valence-corrected chi connectivity index (χ3v) is 2.41. The van der Waals surface area contributed by atoms with Gasteiger partial charge in [-0.25, -0.2) is 0 Å². The minimum Gasteiger partial charge on any atom is -0.137 e. The summed E-state index contributed by atoms with van der Waals surface area (Å²) in [5.74, 6) is 0. The Labute approximate surface area is 73.0 Å². The van der Waals surface area contributed by atoms with E-state index in [1.807, 2.05) is 41.8 Å². The molecule has 0 aliphatic rings. The molecule has 0 saturated carbocycles. The summed E-state index contributed by atoms with van der Waals surface area (Å²) in [4.78, 5) is 0. The summed E-state index contributed by atoms with van der Waals surface area (Å²) in [7, 11) is 0. The van der Waals surface area contributed by atoms with Gasteiger partial charge in [-0.3, -0.25) is 0 Å². The highest BCUT2D eigenvalue weighted by Gasteiger charge is 1.73. The second-order valence-corrected chi connectivity index (χ2v) is 4.01. The summed E-state index contributed by atoms with van der Waals surface area (Å²) in [6.45, 7) is 0. The fourth-order valence-electron chi connectivity index (χ4n) is 0.513. The Hall–Kier alpha value is -0.340. The van der Waals surface area contributed by atoms with E-state index >= 15 is 0 Å². The first-order chi connectivity index (χ1) is 4.89. The van der Waals surface area contributed by atoms with Crippen LogP contribution in [0.2, 0.25) is 0 Å². The van der Waals surface area contributed by atoms with Crippen LogP contribution in [-0.4, -0.2) is 0 Å². The molecule has 0 radical (unpaired) electrons. The van der Waals surface area contributed by atoms with Crippen LogP contribution < -0.4 is 0 Å². The topological polar surface area (TPSA) is 0 Å². The minimum atomic E-state index is 1.13. The van der Waals surface area contributed by atoms with Gasteiger partial charge < -0.3 is 0 Å². The fraction of sp³-hybridized carbons (Fsp3) is 0. The third kappa shape index (κ3) is 2.99. The Balaban J connectivity index is 3.13. The van der Waals surface area contributed by atoms with Gasteiger partial charge in [-0.15, -0.1) is 11.3 Å². The Kier molecular flexibility index (Phi) is 3.47. The van der Waals surface area contributed by atoms with E-state index in [1.165, 1.54) is 0 Å². The van der Waals surface area contributed by atoms with Gasteiger partial charge in [0.1, 0.15) is 0 Å². The van der Waals surface area contributed by atoms with Crippen LogP contribution in [0.25, 0.3) is 0 Å². The SMILES string of the molecule is Brc1cccccccs1. The lowest BCUT2D eigenvalue weighted by Crippen LogP contribution is -1.42. The Morgan fingerprint density at radius 1 is 1.00 bits per heavy atom. The van der Waals surface area contributed by atoms with Crippen molar-refractivity contribution >= 4 is 27.3 Å². The molecule has 0 saturated heterocycles. The standard InChI is InChI=1S/C8H7BrS/c9-8-6-4-2-1-3-5-7-10-8/h1-7H. The van der Waals surface area contributed by atoms with E-state index in [1.54, 1.807) is 11.3 Å². The number of hydrogen-bond donors (Lipinski definition) is 0. The van der Waals surface area contributed by atoms with Crippen molar-refractivity contribution in [2.24, 2.45) is 0 Å². The van der Waals surface area contributed by atoms with Crippen LogP contribution in [0.3, 0.4) is 0 Å². The average Bonchev–Trinajstić information content (AvgIpc) is 2.02. The molecular weight excluding hydrogens is 208 g/mol. The van der Waals surface area contributed by atoms with E-state index in [2.05, 4.69) is 15.9 Å². The van der Waals surface area contributed by atoms with Crippen molar-refractivity contribution in [3.05, 3.63) is 45.6 Å². The normalized spacial score (nSPS) is 8.50. The lowest BCUT2D eigenvalue weighted by Gasteiger charge is -1.73. The van der Waals surface area contributed by atoms with Crippen molar-refractivity contribution in [3.8, 4) is 0 Å². The largest absolute Gasteiger partial charge is 0.137 e. The summed E-state index contributed by atoms with van der Waals surface area (Å²) < 4.78 is 1.13. The van der Waals surface area contributed by atoms with Gasteiger partial charge in [0.15, 0.2) is 0 Å². The molecule has 0 unspecified atom stereocenters. The first kappa shape index (κ1) is 7.76. The van der Waals surface area contributed by atoms with Crippen molar-refractivity contribution < 1.29 is 0 Å². The van der Waals surface area contributed by atoms with Crippen molar-refractivity contribution in [2.75, 3.05) is 0 Å². The highest BCUT2D eigenvalue weighted by atomic mass is 79.9. The van der Waals surface area contributed by atoms with E-state index < -0.39 is 0 Å². The first-order valence-electron chi connectivity index (χ1n) is 2.92. The monoisotopic (exact) mass is 214 g/mol. The molecular formula is C8H7BrS. The molecule has 1 aromatic rings. The van der Waals surface area contributed by atoms with Crippen LogP contribution in [-0.2, 0) is 0 Å². The van der Waals surface area contributed by atoms with Crippen LogP contribution in [0.4, 0.5) is 0 Å². The van der Waals surface area contributed by atoms with E-state index in [9.17, 15) is 0 Å². The molecule has 0 aliphatic heterocycles. The smallest absolute Gasteiger partial charge is 0.0698 e. The highest BCUT2D eigenvalue weighted by Crippen LogP contribution is 2.10. The summed E-state index contributed by atoms with van der Waals surface area (Å²) in [5, 5.41) is 2.03. The molecule has 10 heavy (non-hydrogen) atoms. The van der Waals surface area contributed by atoms with Crippen LogP contribution in [0.1, 0.15) is 0 Å². The van der Waals surface area contributed by atoms with Gasteiger partial charge in [0.05, 0.1) is 3.79 Å². The molecule has 1 aromatic heterocycles. The van der Waals surface area contributed by atoms with Gasteiger partial charge in [-0.1, -0.05) is 30.3 Å². The van der Waals surface area contributed by atoms with Crippen LogP contribution >= 0.6 is 27.3 Å². The maximum Gasteiger partial charge on any atom is 0.0698 e. The maximum absolute atomic E-state index is 3.40. The summed E-state index contributed by atoms with van der Waals surface area (Å²) in [6, 6.07) is 12.0. The van der Waals surface area contributed by atoms with E-state index in [0.717, 1.165) is 3.79 Å². The van der Waals surface area contributed by atoms with E-state index in [-0.39, 0.29) is 0 Å². The number of hydrogen-bond acceptors (Lipinski definition) is 1. The van der Waals surface area contributed by atoms with Crippen LogP contribution in [0.15, 0.2) is 45.6 Å². The average molecular weight is 215 g/mol. The van der Waals surface area contributed by atoms with Crippen molar-refractivity contribution in [2.45, 2.75) is 0 Å². The second-order valence-electron chi connectivity index (χ2n) is 1.69. The van der Waals surface area contributed by atoms with Crippen LogP contribution in [0.5, 0.6) is 0 Å². The molecule has 0 amide bonds. The molecule has 0 nitrogen and oxygen atoms in total. The highest BCUT2D eigenvalue weighted by molar-refractivity contribution is 9.11. The van der Waals surface area contributed by atoms with Gasteiger partial charge >= 0.3 is 0 Å². The molecule has 0 bridgehead atoms. The molecule has 1 heterocycles. The van der Waals surface area contributed by atoms with Gasteiger partial charge in [-0.2, -0.15) is 0 Å². The molecule has 52 valence electrons. The second kappa shape index (κ2) is 4.47. The number of rotatable bonds is 0. The van der Waals surface area contributed by atoms with Gasteiger partial charge in [0.2, 0.25) is 0 Å². The Bertz CT molecular complexity index is 217. The first-order valence-corrected chi connectivity index (χ1v) is 4.59. The quantitative estimate of drug-likeness (QED) is 0.619. The van der Waals surface area contributed by atoms with Gasteiger partial charge in [-0.05, 0) is 27.4 Å². The molecule has 0 fully saturated rings. The molecule has 0 aliphatic carbocycles. The fourth-order valence-corrected chi connectivity index (χ4v) is 1.45. The van der Waals surface area contributed by atoms with E-state index in [4.69, 9.17) is 0 Å². The lowest BCUT2D eigenvalue weighted by molar-refractivity contribution is 1.80. The van der Waals surface area contributed by atoms with Crippen molar-refractivity contribution in [3.63, 3.8) is 0 Å². The molecule has 1 rings (SSSR count). The number of halogens is 1. The van der Waals surface area contributed by atoms with Gasteiger partial charge in [0.25, 0.3) is 0 Å². The zero-order valence-electron chi connectivity index (χ0n) is 5.33. The summed E-state index contributed by atoms with van der Waals surface area (Å²) in [5.41, 5.74) is 0. The van der Waals surface area contributed by atoms with Crippen molar-refractivity contribution in [1.82, 2.24) is 0 Å². The Morgan fingerprint density at radius 2 is 1.70 bits per heavy atom. The predicted molar refractivity (Wildman–Crippen MR) is 49.6 cm³/mol. The van der Waals surface area contributed by atoms with Crippen molar-refractivity contribution in [1.29, 1.82) is 0 Å². The molecule has 0 spiro atoms. The van der Waals surface area contributed by atoms with E-state index in [0.29, 0.717) is 0 Å². The summed E-state index contributed by atoms with van der Waals surface area (Å²) >= 11 is 5.06.